The van der Waals surface area contributed by atoms with Gasteiger partial charge in [-0.3, -0.25) is 9.69 Å². The fraction of sp³-hybridized carbons (Fsp3) is 0.296. The zero-order chi connectivity index (χ0) is 23.0. The summed E-state index contributed by atoms with van der Waals surface area (Å²) < 4.78 is 18.8. The summed E-state index contributed by atoms with van der Waals surface area (Å²) in [5.41, 5.74) is 3.72. The van der Waals surface area contributed by atoms with Gasteiger partial charge in [-0.15, -0.1) is 0 Å². The molecular weight excluding hydrogens is 439 g/mol. The third-order valence-electron chi connectivity index (χ3n) is 6.98. The lowest BCUT2D eigenvalue weighted by Crippen LogP contribution is -2.45. The van der Waals surface area contributed by atoms with Gasteiger partial charge in [-0.2, -0.15) is 0 Å². The highest BCUT2D eigenvalue weighted by molar-refractivity contribution is 6.31. The first-order valence-electron chi connectivity index (χ1n) is 11.2. The van der Waals surface area contributed by atoms with Crippen molar-refractivity contribution < 1.29 is 13.9 Å². The maximum absolute atomic E-state index is 13.5. The van der Waals surface area contributed by atoms with Gasteiger partial charge in [-0.25, -0.2) is 4.39 Å². The molecule has 2 aliphatic rings. The van der Waals surface area contributed by atoms with Crippen LogP contribution < -0.4 is 9.64 Å². The van der Waals surface area contributed by atoms with Crippen molar-refractivity contribution in [2.75, 3.05) is 31.6 Å². The minimum absolute atomic E-state index is 0.0328. The molecule has 3 aromatic rings. The number of fused-ring (bicyclic) bond motifs is 2. The summed E-state index contributed by atoms with van der Waals surface area (Å²) in [7, 11) is 1.67. The lowest BCUT2D eigenvalue weighted by atomic mass is 9.74. The Morgan fingerprint density at radius 2 is 1.82 bits per heavy atom. The summed E-state index contributed by atoms with van der Waals surface area (Å²) in [6.45, 7) is 3.26. The van der Waals surface area contributed by atoms with Crippen molar-refractivity contribution in [2.45, 2.75) is 24.8 Å². The quantitative estimate of drug-likeness (QED) is 0.498. The van der Waals surface area contributed by atoms with Crippen molar-refractivity contribution in [3.63, 3.8) is 0 Å². The Morgan fingerprint density at radius 1 is 1.06 bits per heavy atom. The number of methoxy groups -OCH3 is 1. The summed E-state index contributed by atoms with van der Waals surface area (Å²) in [5, 5.41) is 0.554. The van der Waals surface area contributed by atoms with Crippen LogP contribution in [0.2, 0.25) is 5.02 Å². The van der Waals surface area contributed by atoms with Gasteiger partial charge < -0.3 is 9.64 Å². The summed E-state index contributed by atoms with van der Waals surface area (Å²) in [5.74, 6) is 0.561. The van der Waals surface area contributed by atoms with Crippen molar-refractivity contribution in [1.29, 1.82) is 0 Å². The van der Waals surface area contributed by atoms with Gasteiger partial charge in [0, 0.05) is 34.8 Å². The first-order chi connectivity index (χ1) is 16.0. The highest BCUT2D eigenvalue weighted by Crippen LogP contribution is 2.48. The minimum Gasteiger partial charge on any atom is -0.497 e. The Morgan fingerprint density at radius 3 is 2.52 bits per heavy atom. The molecule has 6 heteroatoms. The number of rotatable bonds is 4. The highest BCUT2D eigenvalue weighted by atomic mass is 35.5. The second-order valence-corrected chi connectivity index (χ2v) is 9.40. The van der Waals surface area contributed by atoms with Crippen LogP contribution >= 0.6 is 11.6 Å². The first-order valence-corrected chi connectivity index (χ1v) is 11.6. The molecule has 0 bridgehead atoms. The molecule has 1 saturated heterocycles. The van der Waals surface area contributed by atoms with E-state index in [0.717, 1.165) is 49.5 Å². The largest absolute Gasteiger partial charge is 0.497 e. The van der Waals surface area contributed by atoms with Crippen LogP contribution in [0.1, 0.15) is 34.3 Å². The van der Waals surface area contributed by atoms with Gasteiger partial charge >= 0.3 is 0 Å². The molecule has 1 fully saturated rings. The normalized spacial score (nSPS) is 17.2. The Bertz CT molecular complexity index is 1170. The Hall–Kier alpha value is -2.89. The molecule has 1 amide bonds. The standard InChI is InChI=1S/C27H26ClFN2O2/c1-33-23-9-10-25-24(16-23)27(18-31(25)26(32)20-3-2-4-21(28)15-20)11-13-30(14-12-27)17-19-5-7-22(29)8-6-19/h2-10,15-16H,11-14,17-18H2,1H3. The molecule has 0 N–H and O–H groups in total. The number of hydrogen-bond acceptors (Lipinski definition) is 3. The topological polar surface area (TPSA) is 32.8 Å². The van der Waals surface area contributed by atoms with Gasteiger partial charge in [0.05, 0.1) is 7.11 Å². The van der Waals surface area contributed by atoms with Gasteiger partial charge in [0.1, 0.15) is 11.6 Å². The van der Waals surface area contributed by atoms with Gasteiger partial charge in [-0.05, 0) is 85.6 Å². The molecule has 0 unspecified atom stereocenters. The summed E-state index contributed by atoms with van der Waals surface area (Å²) >= 11 is 6.16. The van der Waals surface area contributed by atoms with Crippen LogP contribution in [0.25, 0.3) is 0 Å². The average Bonchev–Trinajstić information content (AvgIpc) is 3.15. The number of amides is 1. The number of carbonyl (C=O) groups excluding carboxylic acids is 1. The number of anilines is 1. The average molecular weight is 465 g/mol. The van der Waals surface area contributed by atoms with E-state index < -0.39 is 0 Å². The van der Waals surface area contributed by atoms with E-state index >= 15 is 0 Å². The summed E-state index contributed by atoms with van der Waals surface area (Å²) in [4.78, 5) is 17.8. The second kappa shape index (κ2) is 8.81. The molecule has 0 atom stereocenters. The number of carbonyl (C=O) groups is 1. The van der Waals surface area contributed by atoms with E-state index in [0.29, 0.717) is 17.1 Å². The Kier molecular flexibility index (Phi) is 5.85. The molecule has 5 rings (SSSR count). The molecule has 0 saturated carbocycles. The van der Waals surface area contributed by atoms with Crippen LogP contribution in [-0.4, -0.2) is 37.6 Å². The molecule has 2 aliphatic heterocycles. The van der Waals surface area contributed by atoms with Crippen LogP contribution in [0, 0.1) is 5.82 Å². The van der Waals surface area contributed by atoms with Crippen molar-refractivity contribution in [3.05, 3.63) is 94.3 Å². The molecule has 33 heavy (non-hydrogen) atoms. The van der Waals surface area contributed by atoms with E-state index in [1.54, 1.807) is 19.2 Å². The van der Waals surface area contributed by atoms with Gasteiger partial charge in [0.15, 0.2) is 0 Å². The van der Waals surface area contributed by atoms with Crippen molar-refractivity contribution in [3.8, 4) is 5.75 Å². The SMILES string of the molecule is COc1ccc2c(c1)C1(CCN(Cc3ccc(F)cc3)CC1)CN2C(=O)c1cccc(Cl)c1. The van der Waals surface area contributed by atoms with E-state index in [1.807, 2.05) is 41.3 Å². The predicted molar refractivity (Wildman–Crippen MR) is 129 cm³/mol. The van der Waals surface area contributed by atoms with Crippen LogP contribution in [-0.2, 0) is 12.0 Å². The fourth-order valence-electron chi connectivity index (χ4n) is 5.15. The van der Waals surface area contributed by atoms with Crippen LogP contribution in [0.3, 0.4) is 0 Å². The van der Waals surface area contributed by atoms with Crippen LogP contribution in [0.15, 0.2) is 66.7 Å². The predicted octanol–water partition coefficient (Wildman–Crippen LogP) is 5.68. The lowest BCUT2D eigenvalue weighted by molar-refractivity contribution is 0.0975. The monoisotopic (exact) mass is 464 g/mol. The third kappa shape index (κ3) is 4.23. The number of halogens is 2. The Labute approximate surface area is 198 Å². The zero-order valence-electron chi connectivity index (χ0n) is 18.6. The summed E-state index contributed by atoms with van der Waals surface area (Å²) in [6, 6.07) is 19.9. The van der Waals surface area contributed by atoms with E-state index in [1.165, 1.54) is 17.7 Å². The highest BCUT2D eigenvalue weighted by Gasteiger charge is 2.46. The zero-order valence-corrected chi connectivity index (χ0v) is 19.3. The van der Waals surface area contributed by atoms with Crippen molar-refractivity contribution >= 4 is 23.2 Å². The van der Waals surface area contributed by atoms with Crippen molar-refractivity contribution in [2.24, 2.45) is 0 Å². The third-order valence-corrected chi connectivity index (χ3v) is 7.21. The van der Waals surface area contributed by atoms with E-state index in [4.69, 9.17) is 16.3 Å². The molecule has 2 heterocycles. The Balaban J connectivity index is 1.40. The van der Waals surface area contributed by atoms with Crippen LogP contribution in [0.5, 0.6) is 5.75 Å². The van der Waals surface area contributed by atoms with Gasteiger partial charge in [-0.1, -0.05) is 29.8 Å². The number of piperidine rings is 1. The maximum atomic E-state index is 13.5. The number of benzene rings is 3. The number of hydrogen-bond donors (Lipinski definition) is 0. The molecule has 1 spiro atoms. The smallest absolute Gasteiger partial charge is 0.258 e. The first kappa shape index (κ1) is 21.9. The molecular formula is C27H26ClFN2O2. The summed E-state index contributed by atoms with van der Waals surface area (Å²) in [6.07, 6.45) is 1.88. The van der Waals surface area contributed by atoms with E-state index in [2.05, 4.69) is 11.0 Å². The van der Waals surface area contributed by atoms with Gasteiger partial charge in [0.2, 0.25) is 0 Å². The molecule has 3 aromatic carbocycles. The fourth-order valence-corrected chi connectivity index (χ4v) is 5.34. The van der Waals surface area contributed by atoms with Gasteiger partial charge in [0.25, 0.3) is 5.91 Å². The minimum atomic E-state index is -0.211. The van der Waals surface area contributed by atoms with Crippen LogP contribution in [0.4, 0.5) is 10.1 Å². The maximum Gasteiger partial charge on any atom is 0.258 e. The molecule has 4 nitrogen and oxygen atoms in total. The number of ether oxygens (including phenoxy) is 1. The molecule has 0 radical (unpaired) electrons. The number of likely N-dealkylation sites (tertiary alicyclic amines) is 1. The molecule has 170 valence electrons. The van der Waals surface area contributed by atoms with E-state index in [9.17, 15) is 9.18 Å². The number of nitrogens with zero attached hydrogens (tertiary/aromatic N) is 2. The van der Waals surface area contributed by atoms with Crippen molar-refractivity contribution in [1.82, 2.24) is 4.90 Å². The lowest BCUT2D eigenvalue weighted by Gasteiger charge is -2.40. The van der Waals surface area contributed by atoms with E-state index in [-0.39, 0.29) is 17.1 Å². The molecule has 0 aromatic heterocycles. The second-order valence-electron chi connectivity index (χ2n) is 8.97. The molecule has 0 aliphatic carbocycles.